The van der Waals surface area contributed by atoms with Gasteiger partial charge in [-0.05, 0) is 57.8 Å². The van der Waals surface area contributed by atoms with Gasteiger partial charge < -0.3 is 10.2 Å². The van der Waals surface area contributed by atoms with Crippen LogP contribution in [0.1, 0.15) is 32.6 Å². The van der Waals surface area contributed by atoms with Gasteiger partial charge in [0.25, 0.3) is 6.43 Å². The molecule has 0 radical (unpaired) electrons. The van der Waals surface area contributed by atoms with E-state index in [1.54, 1.807) is 0 Å². The van der Waals surface area contributed by atoms with Gasteiger partial charge >= 0.3 is 0 Å². The minimum absolute atomic E-state index is 0.544. The summed E-state index contributed by atoms with van der Waals surface area (Å²) in [5.74, 6) is 0.787. The number of piperidine rings is 1. The fourth-order valence-electron chi connectivity index (χ4n) is 3.45. The van der Waals surface area contributed by atoms with Crippen LogP contribution in [-0.4, -0.2) is 68.1 Å². The lowest BCUT2D eigenvalue weighted by atomic mass is 9.94. The molecule has 1 unspecified atom stereocenters. The molecule has 118 valence electrons. The Morgan fingerprint density at radius 2 is 1.90 bits per heavy atom. The van der Waals surface area contributed by atoms with Crippen LogP contribution in [0.2, 0.25) is 0 Å². The molecule has 0 spiro atoms. The molecule has 3 nitrogen and oxygen atoms in total. The van der Waals surface area contributed by atoms with Crippen LogP contribution in [0, 0.1) is 5.92 Å². The third-order valence-corrected chi connectivity index (χ3v) is 4.73. The molecule has 0 aliphatic carbocycles. The summed E-state index contributed by atoms with van der Waals surface area (Å²) in [5.41, 5.74) is 0. The van der Waals surface area contributed by atoms with Gasteiger partial charge in [-0.15, -0.1) is 0 Å². The number of piperazine rings is 1. The third kappa shape index (κ3) is 4.64. The molecule has 2 fully saturated rings. The monoisotopic (exact) mass is 289 g/mol. The maximum absolute atomic E-state index is 13.2. The van der Waals surface area contributed by atoms with Crippen molar-refractivity contribution in [1.29, 1.82) is 0 Å². The molecule has 20 heavy (non-hydrogen) atoms. The first kappa shape index (κ1) is 16.1. The summed E-state index contributed by atoms with van der Waals surface area (Å²) in [6.45, 7) is 8.39. The lowest BCUT2D eigenvalue weighted by Crippen LogP contribution is -2.56. The summed E-state index contributed by atoms with van der Waals surface area (Å²) >= 11 is 0. The standard InChI is InChI=1S/C15H29F2N3/c1-2-8-20-11-10-19(12-14(20)15(16)17)9-5-13-3-6-18-7-4-13/h13-15,18H,2-12H2,1H3. The van der Waals surface area contributed by atoms with E-state index in [1.807, 2.05) is 4.90 Å². The highest BCUT2D eigenvalue weighted by atomic mass is 19.3. The number of nitrogens with zero attached hydrogens (tertiary/aromatic N) is 2. The molecule has 0 saturated carbocycles. The second-order valence-electron chi connectivity index (χ2n) is 6.22. The first-order valence-corrected chi connectivity index (χ1v) is 8.16. The minimum atomic E-state index is -2.22. The van der Waals surface area contributed by atoms with Crippen molar-refractivity contribution in [3.63, 3.8) is 0 Å². The molecular formula is C15H29F2N3. The zero-order chi connectivity index (χ0) is 14.4. The van der Waals surface area contributed by atoms with Gasteiger partial charge in [0.15, 0.2) is 0 Å². The molecule has 1 atom stereocenters. The molecule has 5 heteroatoms. The minimum Gasteiger partial charge on any atom is -0.317 e. The smallest absolute Gasteiger partial charge is 0.255 e. The van der Waals surface area contributed by atoms with E-state index in [0.717, 1.165) is 51.6 Å². The molecule has 2 aliphatic rings. The van der Waals surface area contributed by atoms with Crippen LogP contribution in [-0.2, 0) is 0 Å². The van der Waals surface area contributed by atoms with Crippen molar-refractivity contribution in [3.05, 3.63) is 0 Å². The van der Waals surface area contributed by atoms with Gasteiger partial charge in [-0.1, -0.05) is 6.92 Å². The maximum Gasteiger partial charge on any atom is 0.255 e. The van der Waals surface area contributed by atoms with E-state index >= 15 is 0 Å². The van der Waals surface area contributed by atoms with E-state index in [2.05, 4.69) is 17.1 Å². The van der Waals surface area contributed by atoms with Crippen LogP contribution in [0.25, 0.3) is 0 Å². The van der Waals surface area contributed by atoms with E-state index in [1.165, 1.54) is 19.3 Å². The van der Waals surface area contributed by atoms with Crippen LogP contribution >= 0.6 is 0 Å². The van der Waals surface area contributed by atoms with Gasteiger partial charge in [-0.3, -0.25) is 4.90 Å². The quantitative estimate of drug-likeness (QED) is 0.807. The summed E-state index contributed by atoms with van der Waals surface area (Å²) in [5, 5.41) is 3.38. The van der Waals surface area contributed by atoms with E-state index in [9.17, 15) is 8.78 Å². The Labute approximate surface area is 121 Å². The third-order valence-electron chi connectivity index (χ3n) is 4.73. The van der Waals surface area contributed by atoms with Gasteiger partial charge in [0.05, 0.1) is 6.04 Å². The average Bonchev–Trinajstić information content (AvgIpc) is 2.47. The first-order chi connectivity index (χ1) is 9.70. The number of rotatable bonds is 6. The van der Waals surface area contributed by atoms with E-state index in [0.29, 0.717) is 6.54 Å². The van der Waals surface area contributed by atoms with Crippen LogP contribution in [0.4, 0.5) is 8.78 Å². The predicted octanol–water partition coefficient (Wildman–Crippen LogP) is 2.04. The van der Waals surface area contributed by atoms with Crippen LogP contribution in [0.3, 0.4) is 0 Å². The summed E-state index contributed by atoms with van der Waals surface area (Å²) in [6, 6.07) is -0.559. The van der Waals surface area contributed by atoms with Crippen molar-refractivity contribution in [1.82, 2.24) is 15.1 Å². The summed E-state index contributed by atoms with van der Waals surface area (Å²) in [7, 11) is 0. The lowest BCUT2D eigenvalue weighted by Gasteiger charge is -2.41. The topological polar surface area (TPSA) is 18.5 Å². The van der Waals surface area contributed by atoms with E-state index in [4.69, 9.17) is 0 Å². The predicted molar refractivity (Wildman–Crippen MR) is 78.3 cm³/mol. The zero-order valence-electron chi connectivity index (χ0n) is 12.7. The molecule has 0 amide bonds. The van der Waals surface area contributed by atoms with Gasteiger partial charge in [-0.2, -0.15) is 0 Å². The fraction of sp³-hybridized carbons (Fsp3) is 1.00. The fourth-order valence-corrected chi connectivity index (χ4v) is 3.45. The summed E-state index contributed by atoms with van der Waals surface area (Å²) in [4.78, 5) is 4.23. The van der Waals surface area contributed by atoms with E-state index < -0.39 is 12.5 Å². The van der Waals surface area contributed by atoms with Crippen molar-refractivity contribution < 1.29 is 8.78 Å². The molecule has 0 aromatic rings. The van der Waals surface area contributed by atoms with Crippen LogP contribution in [0.5, 0.6) is 0 Å². The number of halogens is 2. The number of alkyl halides is 2. The first-order valence-electron chi connectivity index (χ1n) is 8.16. The highest BCUT2D eigenvalue weighted by molar-refractivity contribution is 4.84. The molecule has 1 N–H and O–H groups in total. The Morgan fingerprint density at radius 1 is 1.15 bits per heavy atom. The zero-order valence-corrected chi connectivity index (χ0v) is 12.7. The van der Waals surface area contributed by atoms with Crippen LogP contribution in [0.15, 0.2) is 0 Å². The van der Waals surface area contributed by atoms with Crippen molar-refractivity contribution in [3.8, 4) is 0 Å². The van der Waals surface area contributed by atoms with E-state index in [-0.39, 0.29) is 0 Å². The van der Waals surface area contributed by atoms with Gasteiger partial charge in [-0.25, -0.2) is 8.78 Å². The average molecular weight is 289 g/mol. The summed E-state index contributed by atoms with van der Waals surface area (Å²) < 4.78 is 26.4. The highest BCUT2D eigenvalue weighted by Gasteiger charge is 2.32. The Hall–Kier alpha value is -0.260. The normalized spacial score (nSPS) is 27.3. The largest absolute Gasteiger partial charge is 0.317 e. The van der Waals surface area contributed by atoms with Crippen molar-refractivity contribution in [2.75, 3.05) is 45.8 Å². The Balaban J connectivity index is 1.75. The second-order valence-corrected chi connectivity index (χ2v) is 6.22. The molecule has 2 saturated heterocycles. The molecule has 2 heterocycles. The van der Waals surface area contributed by atoms with Gasteiger partial charge in [0.1, 0.15) is 0 Å². The molecular weight excluding hydrogens is 260 g/mol. The van der Waals surface area contributed by atoms with Gasteiger partial charge in [0, 0.05) is 19.6 Å². The molecule has 2 rings (SSSR count). The van der Waals surface area contributed by atoms with Crippen molar-refractivity contribution >= 4 is 0 Å². The van der Waals surface area contributed by atoms with Crippen LogP contribution < -0.4 is 5.32 Å². The lowest BCUT2D eigenvalue weighted by molar-refractivity contribution is -0.0250. The molecule has 0 aromatic carbocycles. The number of hydrogen-bond donors (Lipinski definition) is 1. The Morgan fingerprint density at radius 3 is 2.55 bits per heavy atom. The Bertz CT molecular complexity index is 270. The molecule has 0 bridgehead atoms. The number of hydrogen-bond acceptors (Lipinski definition) is 3. The molecule has 2 aliphatic heterocycles. The second kappa shape index (κ2) is 8.25. The SMILES string of the molecule is CCCN1CCN(CCC2CCNCC2)CC1C(F)F. The molecule has 0 aromatic heterocycles. The Kier molecular flexibility index (Phi) is 6.65. The summed E-state index contributed by atoms with van der Waals surface area (Å²) in [6.07, 6.45) is 2.40. The number of nitrogens with one attached hydrogen (secondary N) is 1. The van der Waals surface area contributed by atoms with Crippen molar-refractivity contribution in [2.24, 2.45) is 5.92 Å². The maximum atomic E-state index is 13.2. The van der Waals surface area contributed by atoms with Crippen molar-refractivity contribution in [2.45, 2.75) is 45.1 Å². The van der Waals surface area contributed by atoms with Gasteiger partial charge in [0.2, 0.25) is 0 Å². The highest BCUT2D eigenvalue weighted by Crippen LogP contribution is 2.20.